The van der Waals surface area contributed by atoms with Gasteiger partial charge < -0.3 is 19.8 Å². The lowest BCUT2D eigenvalue weighted by Crippen LogP contribution is -2.57. The zero-order valence-corrected chi connectivity index (χ0v) is 14.5. The van der Waals surface area contributed by atoms with Crippen LogP contribution in [0.3, 0.4) is 0 Å². The number of hydrogen-bond donors (Lipinski definition) is 2. The van der Waals surface area contributed by atoms with Crippen molar-refractivity contribution in [1.29, 1.82) is 0 Å². The van der Waals surface area contributed by atoms with E-state index in [2.05, 4.69) is 10.5 Å². The molecule has 1 atom stereocenters. The zero-order valence-electron chi connectivity index (χ0n) is 14.5. The molecule has 26 heavy (non-hydrogen) atoms. The van der Waals surface area contributed by atoms with Crippen molar-refractivity contribution in [2.24, 2.45) is 0 Å². The van der Waals surface area contributed by atoms with E-state index in [0.29, 0.717) is 42.9 Å². The van der Waals surface area contributed by atoms with E-state index in [0.717, 1.165) is 12.1 Å². The maximum absolute atomic E-state index is 13.4. The van der Waals surface area contributed by atoms with Gasteiger partial charge in [-0.25, -0.2) is 8.78 Å². The number of aromatic nitrogens is 1. The highest BCUT2D eigenvalue weighted by Crippen LogP contribution is 2.24. The summed E-state index contributed by atoms with van der Waals surface area (Å²) in [6.07, 6.45) is 0.960. The van der Waals surface area contributed by atoms with E-state index < -0.39 is 23.1 Å². The molecule has 0 aliphatic carbocycles. The summed E-state index contributed by atoms with van der Waals surface area (Å²) < 4.78 is 31.4. The van der Waals surface area contributed by atoms with Gasteiger partial charge in [0.15, 0.2) is 17.2 Å². The van der Waals surface area contributed by atoms with Gasteiger partial charge >= 0.3 is 0 Å². The molecular weight excluding hydrogens is 344 g/mol. The molecule has 0 bridgehead atoms. The van der Waals surface area contributed by atoms with Crippen LogP contribution in [0.5, 0.6) is 0 Å². The summed E-state index contributed by atoms with van der Waals surface area (Å²) in [7, 11) is 0. The van der Waals surface area contributed by atoms with Gasteiger partial charge in [0, 0.05) is 32.2 Å². The van der Waals surface area contributed by atoms with Gasteiger partial charge in [-0.15, -0.1) is 0 Å². The first-order valence-corrected chi connectivity index (χ1v) is 8.46. The number of hydrogen-bond acceptors (Lipinski definition) is 5. The van der Waals surface area contributed by atoms with Crippen LogP contribution in [-0.2, 0) is 17.9 Å². The standard InChI is InChI=1S/C18H21F2N3O3/c1-12-7-14(22-26-12)9-21-11-18(25)5-2-6-23(17(18)24)10-13-3-4-15(19)16(20)8-13/h3-4,7-8,21,25H,2,5-6,9-11H2,1H3/t18-/m0/s1. The lowest BCUT2D eigenvalue weighted by atomic mass is 9.91. The molecule has 1 amide bonds. The van der Waals surface area contributed by atoms with Crippen LogP contribution in [0, 0.1) is 18.6 Å². The van der Waals surface area contributed by atoms with Crippen LogP contribution < -0.4 is 5.32 Å². The van der Waals surface area contributed by atoms with Crippen molar-refractivity contribution >= 4 is 5.91 Å². The third kappa shape index (κ3) is 4.08. The summed E-state index contributed by atoms with van der Waals surface area (Å²) in [4.78, 5) is 14.2. The Balaban J connectivity index is 1.61. The van der Waals surface area contributed by atoms with Crippen molar-refractivity contribution in [2.45, 2.75) is 38.5 Å². The fourth-order valence-corrected chi connectivity index (χ4v) is 3.14. The van der Waals surface area contributed by atoms with Crippen LogP contribution in [0.15, 0.2) is 28.8 Å². The molecule has 2 N–H and O–H groups in total. The van der Waals surface area contributed by atoms with Gasteiger partial charge in [-0.05, 0) is 37.5 Å². The van der Waals surface area contributed by atoms with Crippen LogP contribution in [-0.4, -0.2) is 39.8 Å². The molecule has 0 spiro atoms. The largest absolute Gasteiger partial charge is 0.379 e. The molecule has 1 fully saturated rings. The molecule has 1 aliphatic heterocycles. The number of rotatable bonds is 6. The first kappa shape index (κ1) is 18.5. The van der Waals surface area contributed by atoms with E-state index in [1.54, 1.807) is 13.0 Å². The second kappa shape index (κ2) is 7.51. The highest BCUT2D eigenvalue weighted by Gasteiger charge is 2.41. The molecule has 2 aromatic rings. The van der Waals surface area contributed by atoms with Gasteiger partial charge in [-0.2, -0.15) is 0 Å². The first-order chi connectivity index (χ1) is 12.4. The Labute approximate surface area is 149 Å². The van der Waals surface area contributed by atoms with Crippen molar-refractivity contribution < 1.29 is 23.2 Å². The number of piperidine rings is 1. The Hall–Kier alpha value is -2.32. The number of carbonyl (C=O) groups excluding carboxylic acids is 1. The van der Waals surface area contributed by atoms with Gasteiger partial charge in [0.25, 0.3) is 5.91 Å². The maximum Gasteiger partial charge on any atom is 0.256 e. The van der Waals surface area contributed by atoms with E-state index in [-0.39, 0.29) is 13.1 Å². The van der Waals surface area contributed by atoms with Crippen molar-refractivity contribution in [3.8, 4) is 0 Å². The fourth-order valence-electron chi connectivity index (χ4n) is 3.14. The topological polar surface area (TPSA) is 78.6 Å². The molecule has 1 aliphatic rings. The van der Waals surface area contributed by atoms with E-state index in [1.807, 2.05) is 0 Å². The molecule has 8 heteroatoms. The van der Waals surface area contributed by atoms with Gasteiger partial charge in [0.05, 0.1) is 5.69 Å². The number of benzene rings is 1. The molecule has 140 valence electrons. The molecule has 1 aromatic heterocycles. The lowest BCUT2D eigenvalue weighted by molar-refractivity contribution is -0.157. The SMILES string of the molecule is Cc1cc(CNC[C@@]2(O)CCCN(Cc3ccc(F)c(F)c3)C2=O)no1. The summed E-state index contributed by atoms with van der Waals surface area (Å²) in [5, 5.41) is 17.6. The molecule has 6 nitrogen and oxygen atoms in total. The van der Waals surface area contributed by atoms with E-state index in [1.165, 1.54) is 11.0 Å². The van der Waals surface area contributed by atoms with Crippen molar-refractivity contribution in [3.63, 3.8) is 0 Å². The first-order valence-electron chi connectivity index (χ1n) is 8.46. The van der Waals surface area contributed by atoms with Crippen LogP contribution in [0.4, 0.5) is 8.78 Å². The number of aliphatic hydroxyl groups is 1. The molecule has 0 radical (unpaired) electrons. The molecule has 1 aromatic carbocycles. The normalized spacial score (nSPS) is 20.6. The van der Waals surface area contributed by atoms with Gasteiger partial charge in [0.2, 0.25) is 0 Å². The monoisotopic (exact) mass is 365 g/mol. The van der Waals surface area contributed by atoms with Gasteiger partial charge in [-0.1, -0.05) is 11.2 Å². The summed E-state index contributed by atoms with van der Waals surface area (Å²) in [5.41, 5.74) is -0.365. The summed E-state index contributed by atoms with van der Waals surface area (Å²) in [6, 6.07) is 5.31. The van der Waals surface area contributed by atoms with Crippen LogP contribution in [0.25, 0.3) is 0 Å². The van der Waals surface area contributed by atoms with E-state index in [9.17, 15) is 18.7 Å². The second-order valence-electron chi connectivity index (χ2n) is 6.64. The number of halogens is 2. The summed E-state index contributed by atoms with van der Waals surface area (Å²) in [6.45, 7) is 2.82. The van der Waals surface area contributed by atoms with Crippen LogP contribution >= 0.6 is 0 Å². The second-order valence-corrected chi connectivity index (χ2v) is 6.64. The number of carbonyl (C=O) groups is 1. The van der Waals surface area contributed by atoms with Gasteiger partial charge in [-0.3, -0.25) is 4.79 Å². The quantitative estimate of drug-likeness (QED) is 0.818. The van der Waals surface area contributed by atoms with Crippen LogP contribution in [0.1, 0.15) is 29.9 Å². The molecule has 0 saturated carbocycles. The minimum absolute atomic E-state index is 0.0754. The highest BCUT2D eigenvalue weighted by atomic mass is 19.2. The number of amides is 1. The molecule has 3 rings (SSSR count). The minimum Gasteiger partial charge on any atom is -0.379 e. The zero-order chi connectivity index (χ0) is 18.7. The third-order valence-electron chi connectivity index (χ3n) is 4.46. The Kier molecular flexibility index (Phi) is 5.33. The predicted molar refractivity (Wildman–Crippen MR) is 88.9 cm³/mol. The highest BCUT2D eigenvalue weighted by molar-refractivity contribution is 5.86. The summed E-state index contributed by atoms with van der Waals surface area (Å²) >= 11 is 0. The molecule has 2 heterocycles. The molecular formula is C18H21F2N3O3. The molecule has 0 unspecified atom stereocenters. The smallest absolute Gasteiger partial charge is 0.256 e. The van der Waals surface area contributed by atoms with Crippen molar-refractivity contribution in [3.05, 3.63) is 52.9 Å². The minimum atomic E-state index is -1.53. The van der Waals surface area contributed by atoms with Crippen LogP contribution in [0.2, 0.25) is 0 Å². The van der Waals surface area contributed by atoms with E-state index in [4.69, 9.17) is 4.52 Å². The Morgan fingerprint density at radius 2 is 2.15 bits per heavy atom. The number of nitrogens with one attached hydrogen (secondary N) is 1. The predicted octanol–water partition coefficient (Wildman–Crippen LogP) is 1.90. The number of aryl methyl sites for hydroxylation is 1. The summed E-state index contributed by atoms with van der Waals surface area (Å²) in [5.74, 6) is -1.61. The average molecular weight is 365 g/mol. The Bertz CT molecular complexity index is 796. The van der Waals surface area contributed by atoms with Crippen molar-refractivity contribution in [2.75, 3.05) is 13.1 Å². The Morgan fingerprint density at radius 3 is 2.85 bits per heavy atom. The Morgan fingerprint density at radius 1 is 1.35 bits per heavy atom. The number of nitrogens with zero attached hydrogens (tertiary/aromatic N) is 2. The van der Waals surface area contributed by atoms with Gasteiger partial charge in [0.1, 0.15) is 5.76 Å². The van der Waals surface area contributed by atoms with E-state index >= 15 is 0 Å². The number of likely N-dealkylation sites (tertiary alicyclic amines) is 1. The third-order valence-corrected chi connectivity index (χ3v) is 4.46. The maximum atomic E-state index is 13.4. The molecule has 1 saturated heterocycles. The fraction of sp³-hybridized carbons (Fsp3) is 0.444. The van der Waals surface area contributed by atoms with Crippen molar-refractivity contribution in [1.82, 2.24) is 15.4 Å². The average Bonchev–Trinajstić information content (AvgIpc) is 3.01. The lowest BCUT2D eigenvalue weighted by Gasteiger charge is -2.38.